The fourth-order valence-electron chi connectivity index (χ4n) is 4.33. The standard InChI is InChI=1S/C34H34O4/c1-23-7-9-26(10-8-23)32(27-13-17-31(36-4)18-14-27)20-29-22-33(37-5)28(21-34(29)38-6)19-24(2)25-11-15-30(35-3)16-12-25/h7-22H,1-6H3/b24-19+,32-20+. The van der Waals surface area contributed by atoms with Crippen LogP contribution in [-0.2, 0) is 0 Å². The third-order valence-electron chi connectivity index (χ3n) is 6.56. The minimum Gasteiger partial charge on any atom is -0.497 e. The van der Waals surface area contributed by atoms with Gasteiger partial charge in [0.05, 0.1) is 28.4 Å². The van der Waals surface area contributed by atoms with Gasteiger partial charge in [0, 0.05) is 11.1 Å². The molecule has 0 aliphatic heterocycles. The molecule has 0 atom stereocenters. The Morgan fingerprint density at radius 3 is 1.39 bits per heavy atom. The predicted molar refractivity (Wildman–Crippen MR) is 157 cm³/mol. The van der Waals surface area contributed by atoms with Crippen molar-refractivity contribution in [2.45, 2.75) is 13.8 Å². The summed E-state index contributed by atoms with van der Waals surface area (Å²) in [5.74, 6) is 3.18. The van der Waals surface area contributed by atoms with E-state index < -0.39 is 0 Å². The molecule has 4 aromatic rings. The Morgan fingerprint density at radius 1 is 0.526 bits per heavy atom. The van der Waals surface area contributed by atoms with Crippen molar-refractivity contribution in [2.24, 2.45) is 0 Å². The van der Waals surface area contributed by atoms with Crippen LogP contribution in [0, 0.1) is 6.92 Å². The van der Waals surface area contributed by atoms with Gasteiger partial charge < -0.3 is 18.9 Å². The van der Waals surface area contributed by atoms with Gasteiger partial charge in [0.2, 0.25) is 0 Å². The maximum Gasteiger partial charge on any atom is 0.126 e. The van der Waals surface area contributed by atoms with Crippen molar-refractivity contribution in [1.29, 1.82) is 0 Å². The van der Waals surface area contributed by atoms with E-state index in [1.54, 1.807) is 28.4 Å². The molecule has 0 aliphatic rings. The zero-order valence-electron chi connectivity index (χ0n) is 22.9. The normalized spacial score (nSPS) is 11.7. The average Bonchev–Trinajstić information content (AvgIpc) is 2.96. The van der Waals surface area contributed by atoms with E-state index in [2.05, 4.69) is 62.4 Å². The molecular formula is C34H34O4. The first-order chi connectivity index (χ1) is 18.4. The molecular weight excluding hydrogens is 472 g/mol. The van der Waals surface area contributed by atoms with E-state index in [9.17, 15) is 0 Å². The first-order valence-corrected chi connectivity index (χ1v) is 12.5. The molecule has 0 aromatic heterocycles. The number of allylic oxidation sites excluding steroid dienone is 1. The van der Waals surface area contributed by atoms with E-state index >= 15 is 0 Å². The van der Waals surface area contributed by atoms with Gasteiger partial charge in [-0.3, -0.25) is 0 Å². The van der Waals surface area contributed by atoms with E-state index in [4.69, 9.17) is 18.9 Å². The van der Waals surface area contributed by atoms with Crippen LogP contribution in [0.5, 0.6) is 23.0 Å². The molecule has 194 valence electrons. The van der Waals surface area contributed by atoms with Gasteiger partial charge >= 0.3 is 0 Å². The Balaban J connectivity index is 1.81. The molecule has 0 heterocycles. The molecule has 4 nitrogen and oxygen atoms in total. The van der Waals surface area contributed by atoms with Crippen molar-refractivity contribution < 1.29 is 18.9 Å². The largest absolute Gasteiger partial charge is 0.497 e. The summed E-state index contributed by atoms with van der Waals surface area (Å²) in [6.07, 6.45) is 4.26. The molecule has 4 aromatic carbocycles. The molecule has 4 heteroatoms. The van der Waals surface area contributed by atoms with E-state index in [0.29, 0.717) is 0 Å². The summed E-state index contributed by atoms with van der Waals surface area (Å²) < 4.78 is 22.4. The van der Waals surface area contributed by atoms with Crippen LogP contribution in [-0.4, -0.2) is 28.4 Å². The summed E-state index contributed by atoms with van der Waals surface area (Å²) in [5, 5.41) is 0. The number of hydrogen-bond donors (Lipinski definition) is 0. The molecule has 4 rings (SSSR count). The van der Waals surface area contributed by atoms with Gasteiger partial charge in [0.1, 0.15) is 23.0 Å². The molecule has 0 N–H and O–H groups in total. The van der Waals surface area contributed by atoms with Gasteiger partial charge in [-0.1, -0.05) is 54.1 Å². The van der Waals surface area contributed by atoms with Crippen molar-refractivity contribution >= 4 is 23.3 Å². The minimum atomic E-state index is 0.762. The van der Waals surface area contributed by atoms with Crippen LogP contribution in [0.4, 0.5) is 0 Å². The molecule has 0 fully saturated rings. The zero-order chi connectivity index (χ0) is 27.1. The number of rotatable bonds is 9. The fourth-order valence-corrected chi connectivity index (χ4v) is 4.33. The van der Waals surface area contributed by atoms with E-state index in [1.165, 1.54) is 5.56 Å². The summed E-state index contributed by atoms with van der Waals surface area (Å²) in [6.45, 7) is 4.18. The first kappa shape index (κ1) is 26.6. The highest BCUT2D eigenvalue weighted by Crippen LogP contribution is 2.36. The van der Waals surface area contributed by atoms with E-state index in [1.807, 2.05) is 48.5 Å². The van der Waals surface area contributed by atoms with Gasteiger partial charge in [-0.25, -0.2) is 0 Å². The monoisotopic (exact) mass is 506 g/mol. The summed E-state index contributed by atoms with van der Waals surface area (Å²) in [4.78, 5) is 0. The van der Waals surface area contributed by atoms with Crippen LogP contribution in [0.2, 0.25) is 0 Å². The van der Waals surface area contributed by atoms with Gasteiger partial charge in [-0.05, 0) is 90.2 Å². The maximum atomic E-state index is 5.87. The second-order valence-electron chi connectivity index (χ2n) is 9.04. The third-order valence-corrected chi connectivity index (χ3v) is 6.56. The summed E-state index contributed by atoms with van der Waals surface area (Å²) in [5.41, 5.74) is 8.56. The second kappa shape index (κ2) is 12.2. The van der Waals surface area contributed by atoms with Crippen molar-refractivity contribution in [1.82, 2.24) is 0 Å². The highest BCUT2D eigenvalue weighted by atomic mass is 16.5. The smallest absolute Gasteiger partial charge is 0.126 e. The predicted octanol–water partition coefficient (Wildman–Crippen LogP) is 8.18. The van der Waals surface area contributed by atoms with Crippen molar-refractivity contribution in [3.63, 3.8) is 0 Å². The zero-order valence-corrected chi connectivity index (χ0v) is 22.9. The Morgan fingerprint density at radius 2 is 0.947 bits per heavy atom. The number of aryl methyl sites for hydroxylation is 1. The summed E-state index contributed by atoms with van der Waals surface area (Å²) >= 11 is 0. The maximum absolute atomic E-state index is 5.87. The molecule has 0 amide bonds. The van der Waals surface area contributed by atoms with E-state index in [0.717, 1.165) is 62.0 Å². The van der Waals surface area contributed by atoms with Gasteiger partial charge in [0.15, 0.2) is 0 Å². The second-order valence-corrected chi connectivity index (χ2v) is 9.04. The van der Waals surface area contributed by atoms with Gasteiger partial charge in [0.25, 0.3) is 0 Å². The van der Waals surface area contributed by atoms with Gasteiger partial charge in [-0.15, -0.1) is 0 Å². The highest BCUT2D eigenvalue weighted by Gasteiger charge is 2.13. The Labute approximate surface area is 225 Å². The summed E-state index contributed by atoms with van der Waals surface area (Å²) in [7, 11) is 6.74. The lowest BCUT2D eigenvalue weighted by Crippen LogP contribution is -1.95. The number of ether oxygens (including phenoxy) is 4. The van der Waals surface area contributed by atoms with Gasteiger partial charge in [-0.2, -0.15) is 0 Å². The quantitative estimate of drug-likeness (QED) is 0.215. The lowest BCUT2D eigenvalue weighted by molar-refractivity contribution is 0.401. The lowest BCUT2D eigenvalue weighted by Gasteiger charge is -2.15. The molecule has 0 saturated heterocycles. The molecule has 0 aliphatic carbocycles. The highest BCUT2D eigenvalue weighted by molar-refractivity contribution is 5.93. The topological polar surface area (TPSA) is 36.9 Å². The molecule has 0 saturated carbocycles. The van der Waals surface area contributed by atoms with Crippen molar-refractivity contribution in [2.75, 3.05) is 28.4 Å². The fraction of sp³-hybridized carbons (Fsp3) is 0.176. The lowest BCUT2D eigenvalue weighted by atomic mass is 9.94. The van der Waals surface area contributed by atoms with Crippen LogP contribution in [0.3, 0.4) is 0 Å². The number of hydrogen-bond acceptors (Lipinski definition) is 4. The van der Waals surface area contributed by atoms with E-state index in [-0.39, 0.29) is 0 Å². The number of benzene rings is 4. The third kappa shape index (κ3) is 6.09. The molecule has 0 bridgehead atoms. The van der Waals surface area contributed by atoms with Crippen LogP contribution in [0.15, 0.2) is 84.9 Å². The Kier molecular flexibility index (Phi) is 8.55. The average molecular weight is 507 g/mol. The summed E-state index contributed by atoms with van der Waals surface area (Å²) in [6, 6.07) is 28.7. The van der Waals surface area contributed by atoms with Crippen LogP contribution < -0.4 is 18.9 Å². The molecule has 0 unspecified atom stereocenters. The Bertz CT molecular complexity index is 1430. The molecule has 0 spiro atoms. The molecule has 0 radical (unpaired) electrons. The van der Waals surface area contributed by atoms with Crippen LogP contribution >= 0.6 is 0 Å². The first-order valence-electron chi connectivity index (χ1n) is 12.5. The minimum absolute atomic E-state index is 0.762. The van der Waals surface area contributed by atoms with Crippen molar-refractivity contribution in [3.05, 3.63) is 118 Å². The van der Waals surface area contributed by atoms with Crippen LogP contribution in [0.1, 0.15) is 40.3 Å². The molecule has 38 heavy (non-hydrogen) atoms. The van der Waals surface area contributed by atoms with Crippen LogP contribution in [0.25, 0.3) is 23.3 Å². The SMILES string of the molecule is COc1ccc(/C(C)=C/c2cc(OC)c(/C=C(\c3ccc(C)cc3)c3ccc(OC)cc3)cc2OC)cc1. The number of methoxy groups -OCH3 is 4. The Hall–Kier alpha value is -4.44. The van der Waals surface area contributed by atoms with Crippen molar-refractivity contribution in [3.8, 4) is 23.0 Å².